The van der Waals surface area contributed by atoms with Crippen molar-refractivity contribution in [2.24, 2.45) is 11.3 Å². The van der Waals surface area contributed by atoms with Crippen LogP contribution >= 0.6 is 0 Å². The third kappa shape index (κ3) is 8.38. The number of amides is 1. The van der Waals surface area contributed by atoms with Crippen molar-refractivity contribution < 1.29 is 36.7 Å². The molecule has 1 aliphatic carbocycles. The van der Waals surface area contributed by atoms with Crippen LogP contribution in [0.5, 0.6) is 17.2 Å². The Morgan fingerprint density at radius 1 is 1.05 bits per heavy atom. The lowest BCUT2D eigenvalue weighted by Crippen LogP contribution is -2.54. The number of sulfonamides is 1. The molecule has 6 heterocycles. The Kier molecular flexibility index (Phi) is 11.4. The predicted molar refractivity (Wildman–Crippen MR) is 243 cm³/mol. The van der Waals surface area contributed by atoms with Crippen molar-refractivity contribution in [1.82, 2.24) is 19.6 Å². The third-order valence-electron chi connectivity index (χ3n) is 14.5. The Morgan fingerprint density at radius 3 is 2.60 bits per heavy atom. The minimum Gasteiger partial charge on any atom is -0.489 e. The molecule has 0 unspecified atom stereocenters. The van der Waals surface area contributed by atoms with E-state index < -0.39 is 37.3 Å². The molecule has 3 saturated heterocycles. The number of H-pyrrole nitrogens is 1. The average Bonchev–Trinajstić information content (AvgIpc) is 3.94. The molecule has 15 nitrogen and oxygen atoms in total. The topological polar surface area (TPSA) is 181 Å². The molecule has 65 heavy (non-hydrogen) atoms. The number of nitrogens with zero attached hydrogens (tertiary/aromatic N) is 4. The Bertz CT molecular complexity index is 2740. The number of rotatable bonds is 11. The Hall–Kier alpha value is -5.78. The first-order valence-electron chi connectivity index (χ1n) is 22.8. The van der Waals surface area contributed by atoms with Crippen LogP contribution in [0.3, 0.4) is 0 Å². The molecular weight excluding hydrogens is 854 g/mol. The van der Waals surface area contributed by atoms with Gasteiger partial charge in [-0.2, -0.15) is 0 Å². The van der Waals surface area contributed by atoms with Crippen LogP contribution in [0.4, 0.5) is 21.5 Å². The number of benzene rings is 3. The van der Waals surface area contributed by atoms with Gasteiger partial charge in [0.15, 0.2) is 11.4 Å². The number of nitrogens with one attached hydrogen (secondary N) is 3. The molecule has 342 valence electrons. The minimum atomic E-state index is -4.69. The van der Waals surface area contributed by atoms with Gasteiger partial charge in [0.25, 0.3) is 21.6 Å². The number of anilines is 2. The van der Waals surface area contributed by atoms with E-state index in [1.54, 1.807) is 12.1 Å². The molecule has 1 saturated carbocycles. The van der Waals surface area contributed by atoms with E-state index in [0.717, 1.165) is 57.1 Å². The van der Waals surface area contributed by atoms with Crippen LogP contribution in [0.1, 0.15) is 98.7 Å². The molecule has 3 aromatic carbocycles. The summed E-state index contributed by atoms with van der Waals surface area (Å²) >= 11 is 0. The summed E-state index contributed by atoms with van der Waals surface area (Å²) in [6.45, 7) is 8.59. The lowest BCUT2D eigenvalue weighted by atomic mass is 9.59. The second-order valence-electron chi connectivity index (χ2n) is 18.7. The first-order chi connectivity index (χ1) is 31.3. The Balaban J connectivity index is 0.869. The largest absolute Gasteiger partial charge is 0.489 e. The lowest BCUT2D eigenvalue weighted by Gasteiger charge is -2.56. The lowest BCUT2D eigenvalue weighted by molar-refractivity contribution is -0.384. The van der Waals surface area contributed by atoms with Crippen LogP contribution in [0.25, 0.3) is 11.0 Å². The number of nitro benzene ring substituents is 1. The van der Waals surface area contributed by atoms with Crippen molar-refractivity contribution in [3.63, 3.8) is 0 Å². The number of piperidine rings is 1. The summed E-state index contributed by atoms with van der Waals surface area (Å²) in [7, 11) is -4.69. The first kappa shape index (κ1) is 43.1. The van der Waals surface area contributed by atoms with Gasteiger partial charge >= 0.3 is 0 Å². The van der Waals surface area contributed by atoms with Gasteiger partial charge in [-0.1, -0.05) is 38.1 Å². The van der Waals surface area contributed by atoms with Crippen LogP contribution in [-0.4, -0.2) is 85.7 Å². The van der Waals surface area contributed by atoms with E-state index in [1.165, 1.54) is 67.4 Å². The van der Waals surface area contributed by atoms with Gasteiger partial charge in [0, 0.05) is 68.5 Å². The van der Waals surface area contributed by atoms with Gasteiger partial charge in [-0.05, 0) is 104 Å². The standard InChI is InChI=1S/C48H54FN7O8S/c1-29(2)35-6-3-4-7-36(35)41-8-5-15-55(41)32-24-48(25-32)13-16-54(17-14-48)31-9-10-37(43(20-31)64-33-21-38-39(49)27-51-46(38)50-26-33)47(57)53-65(60,61)34-22-42(56(58)59)45-44(23-34)63-28-40(52-45)30-11-18-62-19-12-30/h3-4,6-7,9-10,20-23,26-27,29-30,32,40-41,52H,5,8,11-19,24-25,28H2,1-2H3,(H,50,51)(H,53,57)/t40-,41+/m1/s1. The molecule has 2 atom stereocenters. The van der Waals surface area contributed by atoms with Crippen LogP contribution in [0, 0.1) is 27.3 Å². The summed E-state index contributed by atoms with van der Waals surface area (Å²) in [4.78, 5) is 37.2. The number of hydrogen-bond donors (Lipinski definition) is 3. The number of fused-ring (bicyclic) bond motifs is 2. The second-order valence-corrected chi connectivity index (χ2v) is 20.4. The molecule has 0 radical (unpaired) electrons. The summed E-state index contributed by atoms with van der Waals surface area (Å²) in [6.07, 6.45) is 10.9. The first-order valence-corrected chi connectivity index (χ1v) is 24.2. The van der Waals surface area contributed by atoms with E-state index in [1.807, 2.05) is 0 Å². The molecule has 4 aliphatic heterocycles. The van der Waals surface area contributed by atoms with Crippen molar-refractivity contribution >= 4 is 44.0 Å². The fourth-order valence-corrected chi connectivity index (χ4v) is 12.0. The van der Waals surface area contributed by atoms with Crippen molar-refractivity contribution in [2.45, 2.75) is 94.2 Å². The third-order valence-corrected chi connectivity index (χ3v) is 15.8. The van der Waals surface area contributed by atoms with Gasteiger partial charge in [-0.25, -0.2) is 22.5 Å². The van der Waals surface area contributed by atoms with Gasteiger partial charge in [0.1, 0.15) is 29.6 Å². The van der Waals surface area contributed by atoms with E-state index in [9.17, 15) is 27.7 Å². The molecule has 2 aromatic heterocycles. The maximum atomic E-state index is 14.6. The molecule has 3 N–H and O–H groups in total. The Labute approximate surface area is 377 Å². The monoisotopic (exact) mass is 907 g/mol. The summed E-state index contributed by atoms with van der Waals surface area (Å²) in [5.41, 5.74) is 3.76. The average molecular weight is 908 g/mol. The number of pyridine rings is 1. The molecule has 10 rings (SSSR count). The molecule has 5 aromatic rings. The zero-order chi connectivity index (χ0) is 45.0. The number of aromatic nitrogens is 2. The number of carbonyl (C=O) groups excluding carboxylic acids is 1. The summed E-state index contributed by atoms with van der Waals surface area (Å²) < 4.78 is 62.2. The summed E-state index contributed by atoms with van der Waals surface area (Å²) in [5, 5.41) is 15.7. The maximum Gasteiger partial charge on any atom is 0.297 e. The van der Waals surface area contributed by atoms with Gasteiger partial charge in [0.2, 0.25) is 0 Å². The van der Waals surface area contributed by atoms with Gasteiger partial charge in [-0.15, -0.1) is 0 Å². The molecule has 5 aliphatic rings. The van der Waals surface area contributed by atoms with Crippen molar-refractivity contribution in [3.8, 4) is 17.2 Å². The molecule has 1 amide bonds. The molecule has 0 bridgehead atoms. The highest BCUT2D eigenvalue weighted by Gasteiger charge is 2.50. The number of aromatic amines is 1. The van der Waals surface area contributed by atoms with Crippen molar-refractivity contribution in [2.75, 3.05) is 49.7 Å². The highest BCUT2D eigenvalue weighted by Crippen LogP contribution is 2.54. The number of nitro groups is 1. The number of likely N-dealkylation sites (tertiary alicyclic amines) is 1. The van der Waals surface area contributed by atoms with E-state index in [4.69, 9.17) is 14.2 Å². The zero-order valence-electron chi connectivity index (χ0n) is 36.6. The number of carbonyl (C=O) groups is 1. The number of halogens is 1. The number of hydrogen-bond acceptors (Lipinski definition) is 12. The van der Waals surface area contributed by atoms with Crippen LogP contribution < -0.4 is 24.4 Å². The zero-order valence-corrected chi connectivity index (χ0v) is 37.4. The highest BCUT2D eigenvalue weighted by molar-refractivity contribution is 7.90. The SMILES string of the molecule is CC(C)c1ccccc1[C@@H]1CCCN1C1CC2(CCN(c3ccc(C(=O)NS(=O)(=O)c4cc5c(c([N+](=O)[O-])c4)N[C@@H](C4CCOCC4)CO5)c(Oc4cnc5[nH]cc(F)c5c4)c3)CC2)C1. The molecular formula is C48H54FN7O8S. The van der Waals surface area contributed by atoms with Crippen molar-refractivity contribution in [1.29, 1.82) is 0 Å². The molecule has 17 heteroatoms. The van der Waals surface area contributed by atoms with E-state index in [2.05, 4.69) is 67.9 Å². The van der Waals surface area contributed by atoms with Crippen molar-refractivity contribution in [3.05, 3.63) is 106 Å². The Morgan fingerprint density at radius 2 is 1.83 bits per heavy atom. The highest BCUT2D eigenvalue weighted by atomic mass is 32.2. The second kappa shape index (κ2) is 17.2. The minimum absolute atomic E-state index is 0.00280. The van der Waals surface area contributed by atoms with Crippen LogP contribution in [-0.2, 0) is 14.8 Å². The maximum absolute atomic E-state index is 14.6. The predicted octanol–water partition coefficient (Wildman–Crippen LogP) is 8.83. The van der Waals surface area contributed by atoms with E-state index in [-0.39, 0.29) is 57.9 Å². The van der Waals surface area contributed by atoms with E-state index >= 15 is 0 Å². The van der Waals surface area contributed by atoms with Gasteiger partial charge in [0.05, 0.1) is 33.0 Å². The fourth-order valence-electron chi connectivity index (χ4n) is 11.0. The molecule has 1 spiro atoms. The summed E-state index contributed by atoms with van der Waals surface area (Å²) in [5.74, 6) is -0.760. The number of ether oxygens (including phenoxy) is 3. The normalized spacial score (nSPS) is 21.4. The van der Waals surface area contributed by atoms with Crippen LogP contribution in [0.15, 0.2) is 78.0 Å². The fraction of sp³-hybridized carbons (Fsp3) is 0.458. The smallest absolute Gasteiger partial charge is 0.297 e. The van der Waals surface area contributed by atoms with Gasteiger partial charge < -0.3 is 29.4 Å². The van der Waals surface area contributed by atoms with Gasteiger partial charge in [-0.3, -0.25) is 19.8 Å². The summed E-state index contributed by atoms with van der Waals surface area (Å²) in [6, 6.07) is 18.3. The molecule has 4 fully saturated rings. The van der Waals surface area contributed by atoms with Crippen LogP contribution in [0.2, 0.25) is 0 Å². The van der Waals surface area contributed by atoms with E-state index in [0.29, 0.717) is 36.9 Å². The quantitative estimate of drug-likeness (QED) is 0.0848.